The second kappa shape index (κ2) is 8.68. The zero-order chi connectivity index (χ0) is 22.9. The average molecular weight is 477 g/mol. The lowest BCUT2D eigenvalue weighted by Crippen LogP contribution is -2.11. The Hall–Kier alpha value is -3.69. The fourth-order valence-electron chi connectivity index (χ4n) is 3.30. The highest BCUT2D eigenvalue weighted by atomic mass is 32.1. The van der Waals surface area contributed by atoms with E-state index in [9.17, 15) is 9.18 Å². The number of benzene rings is 2. The van der Waals surface area contributed by atoms with Gasteiger partial charge in [-0.05, 0) is 55.5 Å². The van der Waals surface area contributed by atoms with Crippen molar-refractivity contribution in [1.29, 1.82) is 0 Å². The van der Waals surface area contributed by atoms with Crippen molar-refractivity contribution in [3.8, 4) is 27.6 Å². The number of carbonyl (C=O) groups excluding carboxylic acids is 1. The summed E-state index contributed by atoms with van der Waals surface area (Å²) < 4.78 is 19.5. The van der Waals surface area contributed by atoms with Gasteiger partial charge < -0.3 is 4.74 Å². The molecule has 9 heteroatoms. The van der Waals surface area contributed by atoms with Gasteiger partial charge in [0, 0.05) is 34.0 Å². The predicted molar refractivity (Wildman–Crippen MR) is 130 cm³/mol. The van der Waals surface area contributed by atoms with E-state index in [0.29, 0.717) is 22.0 Å². The number of pyridine rings is 1. The molecule has 33 heavy (non-hydrogen) atoms. The number of carbonyl (C=O) groups is 1. The van der Waals surface area contributed by atoms with Crippen molar-refractivity contribution in [1.82, 2.24) is 15.0 Å². The van der Waals surface area contributed by atoms with Crippen molar-refractivity contribution >= 4 is 43.9 Å². The Morgan fingerprint density at radius 2 is 1.88 bits per heavy atom. The number of methoxy groups -OCH3 is 1. The highest BCUT2D eigenvalue weighted by Gasteiger charge is 2.18. The molecule has 1 amide bonds. The lowest BCUT2D eigenvalue weighted by molar-refractivity contribution is 0.102. The van der Waals surface area contributed by atoms with Crippen molar-refractivity contribution in [2.75, 3.05) is 12.4 Å². The summed E-state index contributed by atoms with van der Waals surface area (Å²) in [6, 6.07) is 13.1. The number of nitrogens with one attached hydrogen (secondary N) is 1. The first-order valence-electron chi connectivity index (χ1n) is 9.95. The number of halogens is 1. The van der Waals surface area contributed by atoms with Crippen molar-refractivity contribution in [2.45, 2.75) is 6.92 Å². The summed E-state index contributed by atoms with van der Waals surface area (Å²) in [5.74, 6) is -0.159. The summed E-state index contributed by atoms with van der Waals surface area (Å²) >= 11 is 2.88. The van der Waals surface area contributed by atoms with Crippen LogP contribution in [-0.2, 0) is 0 Å². The number of ether oxygens (including phenoxy) is 1. The number of hydrogen-bond acceptors (Lipinski definition) is 7. The number of fused-ring (bicyclic) bond motifs is 1. The quantitative estimate of drug-likeness (QED) is 0.327. The van der Waals surface area contributed by atoms with E-state index >= 15 is 0 Å². The number of amides is 1. The van der Waals surface area contributed by atoms with Crippen LogP contribution in [-0.4, -0.2) is 28.0 Å². The number of thiazole rings is 2. The minimum absolute atomic E-state index is 0.346. The third-order valence-corrected chi connectivity index (χ3v) is 6.89. The summed E-state index contributed by atoms with van der Waals surface area (Å²) in [5, 5.41) is 6.08. The van der Waals surface area contributed by atoms with Crippen LogP contribution in [0, 0.1) is 12.7 Å². The Kier molecular flexibility index (Phi) is 5.57. The Morgan fingerprint density at radius 1 is 1.06 bits per heavy atom. The van der Waals surface area contributed by atoms with Gasteiger partial charge in [-0.15, -0.1) is 11.3 Å². The van der Waals surface area contributed by atoms with E-state index in [1.54, 1.807) is 7.11 Å². The second-order valence-electron chi connectivity index (χ2n) is 7.20. The molecule has 164 valence electrons. The van der Waals surface area contributed by atoms with E-state index in [2.05, 4.69) is 15.3 Å². The smallest absolute Gasteiger partial charge is 0.257 e. The Labute approximate surface area is 196 Å². The summed E-state index contributed by atoms with van der Waals surface area (Å²) in [6.07, 6.45) is 1.82. The van der Waals surface area contributed by atoms with Crippen LogP contribution in [0.2, 0.25) is 0 Å². The van der Waals surface area contributed by atoms with Crippen LogP contribution < -0.4 is 10.1 Å². The standard InChI is InChI=1S/C24H17FN4O2S2/c1-13-3-4-15(11-26-13)23-27-18(12-32-23)17-9-10-19(31-2)20-21(17)33-24(28-20)29-22(30)14-5-7-16(25)8-6-14/h3-12H,1-2H3,(H,28,29,30). The zero-order valence-corrected chi connectivity index (χ0v) is 19.3. The molecule has 5 aromatic rings. The molecule has 0 radical (unpaired) electrons. The number of rotatable bonds is 5. The van der Waals surface area contributed by atoms with Gasteiger partial charge in [-0.1, -0.05) is 11.3 Å². The SMILES string of the molecule is COc1ccc(-c2csc(-c3ccc(C)nc3)n2)c2sc(NC(=O)c3ccc(F)cc3)nc12. The lowest BCUT2D eigenvalue weighted by atomic mass is 10.1. The molecule has 0 spiro atoms. The van der Waals surface area contributed by atoms with Gasteiger partial charge in [0.15, 0.2) is 5.13 Å². The molecule has 2 aromatic carbocycles. The van der Waals surface area contributed by atoms with E-state index < -0.39 is 5.82 Å². The summed E-state index contributed by atoms with van der Waals surface area (Å²) in [7, 11) is 1.58. The van der Waals surface area contributed by atoms with Crippen LogP contribution in [0.5, 0.6) is 5.75 Å². The first kappa shape index (κ1) is 21.2. The maximum absolute atomic E-state index is 13.2. The monoisotopic (exact) mass is 476 g/mol. The fraction of sp³-hybridized carbons (Fsp3) is 0.0833. The Morgan fingerprint density at radius 3 is 2.61 bits per heavy atom. The van der Waals surface area contributed by atoms with E-state index in [0.717, 1.165) is 32.2 Å². The van der Waals surface area contributed by atoms with Crippen LogP contribution in [0.4, 0.5) is 9.52 Å². The molecule has 5 rings (SSSR count). The molecular weight excluding hydrogens is 459 g/mol. The van der Waals surface area contributed by atoms with E-state index in [1.807, 2.05) is 42.8 Å². The number of hydrogen-bond donors (Lipinski definition) is 1. The minimum Gasteiger partial charge on any atom is -0.494 e. The molecule has 1 N–H and O–H groups in total. The van der Waals surface area contributed by atoms with Gasteiger partial charge in [0.1, 0.15) is 22.1 Å². The largest absolute Gasteiger partial charge is 0.494 e. The van der Waals surface area contributed by atoms with Crippen molar-refractivity contribution < 1.29 is 13.9 Å². The third-order valence-electron chi connectivity index (χ3n) is 4.99. The van der Waals surface area contributed by atoms with Crippen LogP contribution in [0.3, 0.4) is 0 Å². The molecule has 0 atom stereocenters. The van der Waals surface area contributed by atoms with Gasteiger partial charge in [0.05, 0.1) is 17.5 Å². The zero-order valence-electron chi connectivity index (χ0n) is 17.6. The number of anilines is 1. The molecule has 3 heterocycles. The molecule has 3 aromatic heterocycles. The maximum atomic E-state index is 13.2. The number of nitrogens with zero attached hydrogens (tertiary/aromatic N) is 3. The topological polar surface area (TPSA) is 77.0 Å². The molecule has 0 aliphatic heterocycles. The average Bonchev–Trinajstić information content (AvgIpc) is 3.47. The van der Waals surface area contributed by atoms with Crippen molar-refractivity contribution in [3.05, 3.63) is 77.2 Å². The Bertz CT molecular complexity index is 1460. The molecule has 0 unspecified atom stereocenters. The van der Waals surface area contributed by atoms with Crippen LogP contribution >= 0.6 is 22.7 Å². The van der Waals surface area contributed by atoms with Gasteiger partial charge in [-0.2, -0.15) is 0 Å². The fourth-order valence-corrected chi connectivity index (χ4v) is 5.11. The molecule has 6 nitrogen and oxygen atoms in total. The molecular formula is C24H17FN4O2S2. The summed E-state index contributed by atoms with van der Waals surface area (Å²) in [4.78, 5) is 26.3. The van der Waals surface area contributed by atoms with Gasteiger partial charge in [-0.3, -0.25) is 15.1 Å². The van der Waals surface area contributed by atoms with E-state index in [-0.39, 0.29) is 5.91 Å². The van der Waals surface area contributed by atoms with E-state index in [1.165, 1.54) is 46.9 Å². The summed E-state index contributed by atoms with van der Waals surface area (Å²) in [6.45, 7) is 1.95. The molecule has 0 bridgehead atoms. The van der Waals surface area contributed by atoms with Gasteiger partial charge in [0.25, 0.3) is 5.91 Å². The van der Waals surface area contributed by atoms with Crippen LogP contribution in [0.15, 0.2) is 60.1 Å². The Balaban J connectivity index is 1.51. The molecule has 0 aliphatic carbocycles. The van der Waals surface area contributed by atoms with Crippen molar-refractivity contribution in [3.63, 3.8) is 0 Å². The number of aryl methyl sites for hydroxylation is 1. The third kappa shape index (κ3) is 4.20. The second-order valence-corrected chi connectivity index (χ2v) is 9.06. The van der Waals surface area contributed by atoms with Gasteiger partial charge >= 0.3 is 0 Å². The first-order valence-corrected chi connectivity index (χ1v) is 11.6. The van der Waals surface area contributed by atoms with E-state index in [4.69, 9.17) is 9.72 Å². The highest BCUT2D eigenvalue weighted by molar-refractivity contribution is 7.23. The predicted octanol–water partition coefficient (Wildman–Crippen LogP) is 6.19. The highest BCUT2D eigenvalue weighted by Crippen LogP contribution is 2.40. The van der Waals surface area contributed by atoms with Crippen molar-refractivity contribution in [2.24, 2.45) is 0 Å². The van der Waals surface area contributed by atoms with Crippen LogP contribution in [0.25, 0.3) is 32.0 Å². The normalized spacial score (nSPS) is 11.0. The lowest BCUT2D eigenvalue weighted by Gasteiger charge is -2.03. The maximum Gasteiger partial charge on any atom is 0.257 e. The molecule has 0 saturated carbocycles. The molecule has 0 fully saturated rings. The first-order chi connectivity index (χ1) is 16.0. The molecule has 0 saturated heterocycles. The summed E-state index contributed by atoms with van der Waals surface area (Å²) in [5.41, 5.74) is 4.60. The molecule has 0 aliphatic rings. The number of aromatic nitrogens is 3. The van der Waals surface area contributed by atoms with Gasteiger partial charge in [-0.25, -0.2) is 14.4 Å². The van der Waals surface area contributed by atoms with Gasteiger partial charge in [0.2, 0.25) is 0 Å². The minimum atomic E-state index is -0.398. The van der Waals surface area contributed by atoms with Crippen LogP contribution in [0.1, 0.15) is 16.1 Å².